The SMILES string of the molecule is C=CCC1CC[C@@H]2OC[C@@H](c3ccccc3)N2C1=O. The predicted octanol–water partition coefficient (Wildman–Crippen LogP) is 2.90. The van der Waals surface area contributed by atoms with E-state index in [0.29, 0.717) is 6.61 Å². The van der Waals surface area contributed by atoms with Crippen LogP contribution in [0.15, 0.2) is 43.0 Å². The molecule has 1 unspecified atom stereocenters. The molecule has 0 aliphatic carbocycles. The van der Waals surface area contributed by atoms with Crippen LogP contribution in [0.25, 0.3) is 0 Å². The summed E-state index contributed by atoms with van der Waals surface area (Å²) < 4.78 is 5.80. The van der Waals surface area contributed by atoms with Gasteiger partial charge in [-0.2, -0.15) is 0 Å². The Kier molecular flexibility index (Phi) is 3.38. The van der Waals surface area contributed by atoms with Crippen molar-refractivity contribution in [2.75, 3.05) is 6.61 Å². The summed E-state index contributed by atoms with van der Waals surface area (Å²) in [4.78, 5) is 14.5. The van der Waals surface area contributed by atoms with Crippen molar-refractivity contribution in [3.63, 3.8) is 0 Å². The second kappa shape index (κ2) is 5.17. The van der Waals surface area contributed by atoms with Crippen LogP contribution < -0.4 is 0 Å². The third kappa shape index (κ3) is 2.19. The molecule has 19 heavy (non-hydrogen) atoms. The average Bonchev–Trinajstić information content (AvgIpc) is 2.88. The number of nitrogens with zero attached hydrogens (tertiary/aromatic N) is 1. The highest BCUT2D eigenvalue weighted by Crippen LogP contribution is 2.38. The Morgan fingerprint density at radius 1 is 1.32 bits per heavy atom. The van der Waals surface area contributed by atoms with E-state index in [4.69, 9.17) is 4.74 Å². The Bertz CT molecular complexity index is 471. The Balaban J connectivity index is 1.85. The summed E-state index contributed by atoms with van der Waals surface area (Å²) in [6.45, 7) is 4.36. The molecule has 0 aromatic heterocycles. The largest absolute Gasteiger partial charge is 0.356 e. The number of piperidine rings is 1. The first-order valence-corrected chi connectivity index (χ1v) is 6.91. The molecule has 1 aromatic rings. The van der Waals surface area contributed by atoms with Gasteiger partial charge in [0.05, 0.1) is 12.6 Å². The number of amides is 1. The van der Waals surface area contributed by atoms with Gasteiger partial charge < -0.3 is 9.64 Å². The van der Waals surface area contributed by atoms with Crippen LogP contribution in [0.3, 0.4) is 0 Å². The van der Waals surface area contributed by atoms with Crippen LogP contribution >= 0.6 is 0 Å². The van der Waals surface area contributed by atoms with E-state index in [2.05, 4.69) is 18.7 Å². The van der Waals surface area contributed by atoms with Crippen molar-refractivity contribution in [1.82, 2.24) is 4.90 Å². The van der Waals surface area contributed by atoms with Crippen LogP contribution in [-0.4, -0.2) is 23.6 Å². The number of hydrogen-bond donors (Lipinski definition) is 0. The van der Waals surface area contributed by atoms with Gasteiger partial charge in [0.15, 0.2) is 0 Å². The fourth-order valence-corrected chi connectivity index (χ4v) is 3.11. The highest BCUT2D eigenvalue weighted by molar-refractivity contribution is 5.80. The summed E-state index contributed by atoms with van der Waals surface area (Å²) in [5.74, 6) is 0.309. The molecule has 2 aliphatic heterocycles. The van der Waals surface area contributed by atoms with Gasteiger partial charge in [0.2, 0.25) is 5.91 Å². The third-order valence-corrected chi connectivity index (χ3v) is 4.09. The van der Waals surface area contributed by atoms with E-state index in [1.165, 1.54) is 0 Å². The molecule has 0 spiro atoms. The molecule has 3 nitrogen and oxygen atoms in total. The zero-order valence-corrected chi connectivity index (χ0v) is 11.0. The molecule has 3 heteroatoms. The summed E-state index contributed by atoms with van der Waals surface area (Å²) in [5, 5.41) is 0. The molecule has 1 amide bonds. The van der Waals surface area contributed by atoms with Gasteiger partial charge in [-0.15, -0.1) is 6.58 Å². The molecule has 0 saturated carbocycles. The van der Waals surface area contributed by atoms with Gasteiger partial charge in [-0.3, -0.25) is 4.79 Å². The first-order chi connectivity index (χ1) is 9.31. The molecule has 2 saturated heterocycles. The molecular weight excluding hydrogens is 238 g/mol. The van der Waals surface area contributed by atoms with Gasteiger partial charge in [-0.25, -0.2) is 0 Å². The van der Waals surface area contributed by atoms with Crippen molar-refractivity contribution in [3.05, 3.63) is 48.6 Å². The second-order valence-electron chi connectivity index (χ2n) is 5.26. The topological polar surface area (TPSA) is 29.5 Å². The number of allylic oxidation sites excluding steroid dienone is 1. The first kappa shape index (κ1) is 12.4. The summed E-state index contributed by atoms with van der Waals surface area (Å²) >= 11 is 0. The number of rotatable bonds is 3. The van der Waals surface area contributed by atoms with Crippen molar-refractivity contribution in [3.8, 4) is 0 Å². The normalized spacial score (nSPS) is 30.2. The van der Waals surface area contributed by atoms with Gasteiger partial charge in [0.1, 0.15) is 6.23 Å². The summed E-state index contributed by atoms with van der Waals surface area (Å²) in [5.41, 5.74) is 1.16. The van der Waals surface area contributed by atoms with Crippen molar-refractivity contribution in [2.24, 2.45) is 5.92 Å². The molecule has 1 aromatic carbocycles. The van der Waals surface area contributed by atoms with Crippen LogP contribution in [0.4, 0.5) is 0 Å². The highest BCUT2D eigenvalue weighted by Gasteiger charge is 2.44. The minimum absolute atomic E-state index is 0.0289. The van der Waals surface area contributed by atoms with Gasteiger partial charge in [0, 0.05) is 5.92 Å². The summed E-state index contributed by atoms with van der Waals surface area (Å²) in [7, 11) is 0. The van der Waals surface area contributed by atoms with Gasteiger partial charge in [0.25, 0.3) is 0 Å². The Labute approximate surface area is 113 Å². The minimum atomic E-state index is -0.0289. The molecule has 0 N–H and O–H groups in total. The Morgan fingerprint density at radius 3 is 2.84 bits per heavy atom. The molecule has 2 heterocycles. The van der Waals surface area contributed by atoms with Gasteiger partial charge >= 0.3 is 0 Å². The second-order valence-corrected chi connectivity index (χ2v) is 5.26. The average molecular weight is 257 g/mol. The minimum Gasteiger partial charge on any atom is -0.356 e. The quantitative estimate of drug-likeness (QED) is 0.779. The number of carbonyl (C=O) groups excluding carboxylic acids is 1. The predicted molar refractivity (Wildman–Crippen MR) is 73.3 cm³/mol. The molecule has 2 aliphatic rings. The molecule has 0 radical (unpaired) electrons. The lowest BCUT2D eigenvalue weighted by Gasteiger charge is -2.36. The smallest absolute Gasteiger partial charge is 0.228 e. The van der Waals surface area contributed by atoms with Crippen LogP contribution in [0.5, 0.6) is 0 Å². The maximum absolute atomic E-state index is 12.6. The van der Waals surface area contributed by atoms with E-state index in [0.717, 1.165) is 24.8 Å². The lowest BCUT2D eigenvalue weighted by Crippen LogP contribution is -2.45. The van der Waals surface area contributed by atoms with E-state index in [1.807, 2.05) is 29.2 Å². The number of benzene rings is 1. The fraction of sp³-hybridized carbons (Fsp3) is 0.438. The van der Waals surface area contributed by atoms with Crippen LogP contribution in [0.1, 0.15) is 30.9 Å². The third-order valence-electron chi connectivity index (χ3n) is 4.09. The molecule has 100 valence electrons. The fourth-order valence-electron chi connectivity index (χ4n) is 3.11. The number of ether oxygens (including phenoxy) is 1. The maximum atomic E-state index is 12.6. The van der Waals surface area contributed by atoms with Crippen molar-refractivity contribution < 1.29 is 9.53 Å². The number of hydrogen-bond acceptors (Lipinski definition) is 2. The summed E-state index contributed by atoms with van der Waals surface area (Å²) in [6, 6.07) is 10.2. The highest BCUT2D eigenvalue weighted by atomic mass is 16.5. The Hall–Kier alpha value is -1.61. The molecular formula is C16H19NO2. The van der Waals surface area contributed by atoms with E-state index >= 15 is 0 Å². The van der Waals surface area contributed by atoms with E-state index < -0.39 is 0 Å². The van der Waals surface area contributed by atoms with Crippen molar-refractivity contribution >= 4 is 5.91 Å². The van der Waals surface area contributed by atoms with E-state index in [9.17, 15) is 4.79 Å². The van der Waals surface area contributed by atoms with E-state index in [-0.39, 0.29) is 24.1 Å². The Morgan fingerprint density at radius 2 is 2.11 bits per heavy atom. The monoisotopic (exact) mass is 257 g/mol. The van der Waals surface area contributed by atoms with Crippen LogP contribution in [0, 0.1) is 5.92 Å². The summed E-state index contributed by atoms with van der Waals surface area (Å²) in [6.07, 6.45) is 4.43. The first-order valence-electron chi connectivity index (χ1n) is 6.91. The van der Waals surface area contributed by atoms with Crippen LogP contribution in [-0.2, 0) is 9.53 Å². The lowest BCUT2D eigenvalue weighted by atomic mass is 9.91. The molecule has 2 fully saturated rings. The number of fused-ring (bicyclic) bond motifs is 1. The molecule has 3 rings (SSSR count). The standard InChI is InChI=1S/C16H19NO2/c1-2-6-13-9-10-15-17(16(13)18)14(11-19-15)12-7-4-3-5-8-12/h2-5,7-8,13-15H,1,6,9-11H2/t13?,14-,15-/m0/s1. The van der Waals surface area contributed by atoms with Crippen LogP contribution in [0.2, 0.25) is 0 Å². The number of carbonyl (C=O) groups is 1. The maximum Gasteiger partial charge on any atom is 0.228 e. The zero-order valence-electron chi connectivity index (χ0n) is 11.0. The van der Waals surface area contributed by atoms with Crippen molar-refractivity contribution in [2.45, 2.75) is 31.5 Å². The lowest BCUT2D eigenvalue weighted by molar-refractivity contribution is -0.148. The van der Waals surface area contributed by atoms with E-state index in [1.54, 1.807) is 0 Å². The van der Waals surface area contributed by atoms with Gasteiger partial charge in [-0.05, 0) is 24.8 Å². The van der Waals surface area contributed by atoms with Crippen molar-refractivity contribution in [1.29, 1.82) is 0 Å². The molecule has 3 atom stereocenters. The van der Waals surface area contributed by atoms with Gasteiger partial charge in [-0.1, -0.05) is 36.4 Å². The molecule has 0 bridgehead atoms. The zero-order chi connectivity index (χ0) is 13.2.